The summed E-state index contributed by atoms with van der Waals surface area (Å²) in [6, 6.07) is 4.03. The van der Waals surface area contributed by atoms with Gasteiger partial charge in [-0.3, -0.25) is 10.1 Å². The normalized spacial score (nSPS) is 16.5. The van der Waals surface area contributed by atoms with Crippen molar-refractivity contribution in [3.63, 3.8) is 0 Å². The van der Waals surface area contributed by atoms with E-state index in [4.69, 9.17) is 0 Å². The third-order valence-corrected chi connectivity index (χ3v) is 3.88. The van der Waals surface area contributed by atoms with Gasteiger partial charge in [-0.05, 0) is 25.0 Å². The summed E-state index contributed by atoms with van der Waals surface area (Å²) in [6.07, 6.45) is 3.39. The molecule has 0 atom stereocenters. The Balaban J connectivity index is 2.38. The van der Waals surface area contributed by atoms with Crippen molar-refractivity contribution in [1.82, 2.24) is 0 Å². The van der Waals surface area contributed by atoms with Crippen LogP contribution in [0.3, 0.4) is 0 Å². The molecule has 0 heterocycles. The fourth-order valence-corrected chi connectivity index (χ4v) is 2.70. The topological polar surface area (TPSA) is 102 Å². The molecule has 114 valence electrons. The number of nitrogens with one attached hydrogen (secondary N) is 1. The Morgan fingerprint density at radius 1 is 1.48 bits per heavy atom. The quantitative estimate of drug-likeness (QED) is 0.490. The van der Waals surface area contributed by atoms with E-state index >= 15 is 0 Å². The van der Waals surface area contributed by atoms with Gasteiger partial charge < -0.3 is 15.2 Å². The molecule has 1 aromatic rings. The van der Waals surface area contributed by atoms with Crippen LogP contribution in [-0.4, -0.2) is 35.3 Å². The summed E-state index contributed by atoms with van der Waals surface area (Å²) in [5.74, 6) is -0.558. The fraction of sp³-hybridized carbons (Fsp3) is 0.500. The Kier molecular flexibility index (Phi) is 4.42. The molecule has 0 aliphatic heterocycles. The summed E-state index contributed by atoms with van der Waals surface area (Å²) in [5.41, 5.74) is -0.211. The molecule has 7 nitrogen and oxygen atoms in total. The van der Waals surface area contributed by atoms with Crippen LogP contribution in [0.2, 0.25) is 0 Å². The summed E-state index contributed by atoms with van der Waals surface area (Å²) in [4.78, 5) is 22.2. The van der Waals surface area contributed by atoms with E-state index in [2.05, 4.69) is 10.1 Å². The number of nitrogens with zero attached hydrogens (tertiary/aromatic N) is 1. The van der Waals surface area contributed by atoms with E-state index in [0.29, 0.717) is 0 Å². The zero-order valence-corrected chi connectivity index (χ0v) is 11.8. The number of rotatable bonds is 5. The number of nitro benzene ring substituents is 1. The molecule has 0 bridgehead atoms. The second-order valence-corrected chi connectivity index (χ2v) is 5.25. The zero-order chi connectivity index (χ0) is 15.5. The number of esters is 1. The molecule has 2 rings (SSSR count). The van der Waals surface area contributed by atoms with E-state index in [1.54, 1.807) is 0 Å². The molecule has 2 N–H and O–H groups in total. The summed E-state index contributed by atoms with van der Waals surface area (Å²) in [6.45, 7) is -0.105. The number of aliphatic hydroxyl groups excluding tert-OH is 1. The number of anilines is 1. The number of carbonyl (C=O) groups excluding carboxylic acids is 1. The summed E-state index contributed by atoms with van der Waals surface area (Å²) in [7, 11) is 1.25. The maximum Gasteiger partial charge on any atom is 0.337 e. The number of benzene rings is 1. The van der Waals surface area contributed by atoms with Crippen molar-refractivity contribution in [2.45, 2.75) is 31.2 Å². The van der Waals surface area contributed by atoms with Crippen molar-refractivity contribution < 1.29 is 19.6 Å². The van der Waals surface area contributed by atoms with E-state index in [1.165, 1.54) is 25.3 Å². The van der Waals surface area contributed by atoms with Gasteiger partial charge in [-0.25, -0.2) is 4.79 Å². The highest BCUT2D eigenvalue weighted by atomic mass is 16.6. The van der Waals surface area contributed by atoms with Crippen LogP contribution >= 0.6 is 0 Å². The molecule has 1 aromatic carbocycles. The first-order valence-corrected chi connectivity index (χ1v) is 6.77. The van der Waals surface area contributed by atoms with Crippen LogP contribution in [0.25, 0.3) is 0 Å². The van der Waals surface area contributed by atoms with Crippen molar-refractivity contribution >= 4 is 17.3 Å². The number of methoxy groups -OCH3 is 1. The molecule has 1 aliphatic carbocycles. The molecule has 0 aromatic heterocycles. The number of ether oxygens (including phenoxy) is 1. The van der Waals surface area contributed by atoms with Gasteiger partial charge in [0.25, 0.3) is 5.69 Å². The number of carbonyl (C=O) groups is 1. The Bertz CT molecular complexity index is 552. The highest BCUT2D eigenvalue weighted by molar-refractivity contribution is 5.91. The molecule has 1 fully saturated rings. The smallest absolute Gasteiger partial charge is 0.337 e. The number of hydrogen-bond donors (Lipinski definition) is 2. The molecule has 0 radical (unpaired) electrons. The molecule has 21 heavy (non-hydrogen) atoms. The van der Waals surface area contributed by atoms with Crippen LogP contribution in [-0.2, 0) is 4.74 Å². The molecule has 1 aliphatic rings. The maximum absolute atomic E-state index is 11.6. The lowest BCUT2D eigenvalue weighted by Gasteiger charge is -2.29. The number of hydrogen-bond acceptors (Lipinski definition) is 6. The Morgan fingerprint density at radius 3 is 2.67 bits per heavy atom. The standard InChI is InChI=1S/C14H18N2O5/c1-21-13(18)10-4-5-12(16(19)20)11(8-10)15-14(9-17)6-2-3-7-14/h4-5,8,15,17H,2-3,6-7,9H2,1H3. The van der Waals surface area contributed by atoms with Gasteiger partial charge in [-0.15, -0.1) is 0 Å². The van der Waals surface area contributed by atoms with Crippen molar-refractivity contribution in [2.24, 2.45) is 0 Å². The van der Waals surface area contributed by atoms with Crippen molar-refractivity contribution in [3.05, 3.63) is 33.9 Å². The second kappa shape index (κ2) is 6.09. The lowest BCUT2D eigenvalue weighted by atomic mass is 9.98. The molecule has 1 saturated carbocycles. The first-order valence-electron chi connectivity index (χ1n) is 6.77. The second-order valence-electron chi connectivity index (χ2n) is 5.25. The number of nitro groups is 1. The summed E-state index contributed by atoms with van der Waals surface area (Å²) >= 11 is 0. The molecular formula is C14H18N2O5. The van der Waals surface area contributed by atoms with Gasteiger partial charge in [-0.1, -0.05) is 12.8 Å². The van der Waals surface area contributed by atoms with E-state index in [1.807, 2.05) is 0 Å². The Labute approximate surface area is 122 Å². The van der Waals surface area contributed by atoms with Crippen LogP contribution in [0.5, 0.6) is 0 Å². The third kappa shape index (κ3) is 3.13. The molecule has 0 unspecified atom stereocenters. The number of aliphatic hydroxyl groups is 1. The van der Waals surface area contributed by atoms with E-state index in [9.17, 15) is 20.0 Å². The monoisotopic (exact) mass is 294 g/mol. The van der Waals surface area contributed by atoms with Crippen LogP contribution in [0.4, 0.5) is 11.4 Å². The van der Waals surface area contributed by atoms with Gasteiger partial charge in [0.2, 0.25) is 0 Å². The van der Waals surface area contributed by atoms with Gasteiger partial charge in [0.1, 0.15) is 5.69 Å². The lowest BCUT2D eigenvalue weighted by Crippen LogP contribution is -2.39. The lowest BCUT2D eigenvalue weighted by molar-refractivity contribution is -0.384. The average Bonchev–Trinajstić information content (AvgIpc) is 2.95. The Hall–Kier alpha value is -2.15. The van der Waals surface area contributed by atoms with Crippen LogP contribution < -0.4 is 5.32 Å². The molecule has 7 heteroatoms. The van der Waals surface area contributed by atoms with Crippen LogP contribution in [0.1, 0.15) is 36.0 Å². The highest BCUT2D eigenvalue weighted by Crippen LogP contribution is 2.36. The Morgan fingerprint density at radius 2 is 2.14 bits per heavy atom. The first kappa shape index (κ1) is 15.2. The minimum absolute atomic E-state index is 0.105. The SMILES string of the molecule is COC(=O)c1ccc([N+](=O)[O-])c(NC2(CO)CCCC2)c1. The van der Waals surface area contributed by atoms with Crippen molar-refractivity contribution in [1.29, 1.82) is 0 Å². The van der Waals surface area contributed by atoms with Gasteiger partial charge in [0, 0.05) is 6.07 Å². The molecule has 0 saturated heterocycles. The summed E-state index contributed by atoms with van der Waals surface area (Å²) < 4.78 is 4.63. The minimum Gasteiger partial charge on any atom is -0.465 e. The predicted molar refractivity (Wildman–Crippen MR) is 76.3 cm³/mol. The predicted octanol–water partition coefficient (Wildman–Crippen LogP) is 2.10. The van der Waals surface area contributed by atoms with Crippen molar-refractivity contribution in [3.8, 4) is 0 Å². The first-order chi connectivity index (χ1) is 10.0. The van der Waals surface area contributed by atoms with Crippen LogP contribution in [0, 0.1) is 10.1 Å². The van der Waals surface area contributed by atoms with Gasteiger partial charge in [-0.2, -0.15) is 0 Å². The van der Waals surface area contributed by atoms with E-state index < -0.39 is 16.4 Å². The van der Waals surface area contributed by atoms with Gasteiger partial charge in [0.15, 0.2) is 0 Å². The molecular weight excluding hydrogens is 276 g/mol. The van der Waals surface area contributed by atoms with E-state index in [0.717, 1.165) is 25.7 Å². The zero-order valence-electron chi connectivity index (χ0n) is 11.8. The molecule has 0 amide bonds. The van der Waals surface area contributed by atoms with Crippen molar-refractivity contribution in [2.75, 3.05) is 19.0 Å². The van der Waals surface area contributed by atoms with E-state index in [-0.39, 0.29) is 23.5 Å². The highest BCUT2D eigenvalue weighted by Gasteiger charge is 2.35. The van der Waals surface area contributed by atoms with Gasteiger partial charge >= 0.3 is 5.97 Å². The maximum atomic E-state index is 11.6. The van der Waals surface area contributed by atoms with Gasteiger partial charge in [0.05, 0.1) is 29.7 Å². The average molecular weight is 294 g/mol. The molecule has 0 spiro atoms. The van der Waals surface area contributed by atoms with Crippen LogP contribution in [0.15, 0.2) is 18.2 Å². The summed E-state index contributed by atoms with van der Waals surface area (Å²) in [5, 5.41) is 23.8. The minimum atomic E-state index is -0.558. The largest absolute Gasteiger partial charge is 0.465 e. The third-order valence-electron chi connectivity index (χ3n) is 3.88. The fourth-order valence-electron chi connectivity index (χ4n) is 2.70.